The number of hydrogen-bond acceptors (Lipinski definition) is 5. The summed E-state index contributed by atoms with van der Waals surface area (Å²) >= 11 is 3.44. The summed E-state index contributed by atoms with van der Waals surface area (Å²) in [5, 5.41) is 2.65. The Balaban J connectivity index is 1.87. The highest BCUT2D eigenvalue weighted by atomic mass is 79.9. The van der Waals surface area contributed by atoms with Gasteiger partial charge < -0.3 is 24.6 Å². The second-order valence-electron chi connectivity index (χ2n) is 7.68. The number of alkyl carbamates (subject to hydrolysis) is 1. The molecule has 7 nitrogen and oxygen atoms in total. The van der Waals surface area contributed by atoms with Gasteiger partial charge in [0.05, 0.1) is 6.54 Å². The molecular formula is C20H30BrN3O4. The topological polar surface area (TPSA) is 71.1 Å². The molecule has 1 aliphatic rings. The molecule has 2 rings (SSSR count). The van der Waals surface area contributed by atoms with E-state index in [-0.39, 0.29) is 12.5 Å². The summed E-state index contributed by atoms with van der Waals surface area (Å²) in [6.07, 6.45) is -0.479. The maximum Gasteiger partial charge on any atom is 0.407 e. The summed E-state index contributed by atoms with van der Waals surface area (Å²) < 4.78 is 11.7. The molecule has 28 heavy (non-hydrogen) atoms. The first-order valence-corrected chi connectivity index (χ1v) is 10.4. The minimum absolute atomic E-state index is 0.00813. The smallest absolute Gasteiger partial charge is 0.407 e. The number of piperazine rings is 1. The number of benzene rings is 1. The Morgan fingerprint density at radius 3 is 2.43 bits per heavy atom. The third-order valence-electron chi connectivity index (χ3n) is 4.26. The zero-order valence-corrected chi connectivity index (χ0v) is 18.7. The van der Waals surface area contributed by atoms with E-state index in [1.165, 1.54) is 0 Å². The van der Waals surface area contributed by atoms with E-state index in [0.717, 1.165) is 37.2 Å². The number of nitrogens with one attached hydrogen (secondary N) is 1. The van der Waals surface area contributed by atoms with Gasteiger partial charge in [0.25, 0.3) is 5.91 Å². The highest BCUT2D eigenvalue weighted by Crippen LogP contribution is 2.23. The summed E-state index contributed by atoms with van der Waals surface area (Å²) in [6, 6.07) is 5.35. The molecular weight excluding hydrogens is 426 g/mol. The van der Waals surface area contributed by atoms with E-state index in [1.54, 1.807) is 18.2 Å². The molecule has 1 N–H and O–H groups in total. The Morgan fingerprint density at radius 2 is 1.82 bits per heavy atom. The van der Waals surface area contributed by atoms with E-state index in [0.29, 0.717) is 17.9 Å². The van der Waals surface area contributed by atoms with Crippen molar-refractivity contribution < 1.29 is 19.1 Å². The lowest BCUT2D eigenvalue weighted by atomic mass is 10.1. The van der Waals surface area contributed by atoms with E-state index in [4.69, 9.17) is 9.47 Å². The monoisotopic (exact) mass is 455 g/mol. The van der Waals surface area contributed by atoms with Gasteiger partial charge in [-0.3, -0.25) is 4.79 Å². The van der Waals surface area contributed by atoms with Crippen LogP contribution in [0, 0.1) is 0 Å². The van der Waals surface area contributed by atoms with E-state index in [1.807, 2.05) is 25.7 Å². The SMILES string of the molecule is CCN1CCN(C(=O)c2cc(Br)cc(OCCNC(=O)OC(C)(C)C)c2)CC1. The number of halogens is 1. The number of ether oxygens (including phenoxy) is 2. The van der Waals surface area contributed by atoms with Crippen molar-refractivity contribution in [3.8, 4) is 5.75 Å². The van der Waals surface area contributed by atoms with E-state index >= 15 is 0 Å². The van der Waals surface area contributed by atoms with Gasteiger partial charge in [0.2, 0.25) is 0 Å². The first kappa shape index (κ1) is 22.5. The standard InChI is InChI=1S/C20H30BrN3O4/c1-5-23-7-9-24(10-8-23)18(25)15-12-16(21)14-17(13-15)27-11-6-22-19(26)28-20(2,3)4/h12-14H,5-11H2,1-4H3,(H,22,26). The second-order valence-corrected chi connectivity index (χ2v) is 8.59. The lowest BCUT2D eigenvalue weighted by Crippen LogP contribution is -2.48. The van der Waals surface area contributed by atoms with Crippen LogP contribution in [0.3, 0.4) is 0 Å². The quantitative estimate of drug-likeness (QED) is 0.667. The zero-order valence-electron chi connectivity index (χ0n) is 17.1. The molecule has 1 heterocycles. The zero-order chi connectivity index (χ0) is 20.7. The number of carbonyl (C=O) groups excluding carboxylic acids is 2. The molecule has 2 amide bonds. The Morgan fingerprint density at radius 1 is 1.14 bits per heavy atom. The maximum atomic E-state index is 12.8. The van der Waals surface area contributed by atoms with E-state index < -0.39 is 11.7 Å². The van der Waals surface area contributed by atoms with Crippen molar-refractivity contribution in [2.75, 3.05) is 45.9 Å². The Kier molecular flexibility index (Phi) is 8.12. The third-order valence-corrected chi connectivity index (χ3v) is 4.72. The van der Waals surface area contributed by atoms with Crippen LogP contribution in [0.25, 0.3) is 0 Å². The molecule has 0 aromatic heterocycles. The summed E-state index contributed by atoms with van der Waals surface area (Å²) in [5.74, 6) is 0.588. The normalized spacial score (nSPS) is 15.2. The molecule has 0 saturated carbocycles. The van der Waals surface area contributed by atoms with Crippen LogP contribution in [0.4, 0.5) is 4.79 Å². The summed E-state index contributed by atoms with van der Waals surface area (Å²) in [4.78, 5) is 28.7. The minimum Gasteiger partial charge on any atom is -0.492 e. The fourth-order valence-corrected chi connectivity index (χ4v) is 3.33. The van der Waals surface area contributed by atoms with Crippen LogP contribution >= 0.6 is 15.9 Å². The van der Waals surface area contributed by atoms with Crippen molar-refractivity contribution in [3.63, 3.8) is 0 Å². The number of amides is 2. The molecule has 1 aromatic rings. The van der Waals surface area contributed by atoms with Gasteiger partial charge in [-0.15, -0.1) is 0 Å². The van der Waals surface area contributed by atoms with E-state index in [2.05, 4.69) is 33.1 Å². The lowest BCUT2D eigenvalue weighted by molar-refractivity contribution is 0.0520. The molecule has 156 valence electrons. The van der Waals surface area contributed by atoms with Gasteiger partial charge in [-0.05, 0) is 45.5 Å². The number of rotatable bonds is 6. The molecule has 0 atom stereocenters. The Labute approximate surface area is 175 Å². The molecule has 0 spiro atoms. The van der Waals surface area contributed by atoms with Crippen molar-refractivity contribution in [2.45, 2.75) is 33.3 Å². The van der Waals surface area contributed by atoms with Gasteiger partial charge in [-0.2, -0.15) is 0 Å². The summed E-state index contributed by atoms with van der Waals surface area (Å²) in [5.41, 5.74) is 0.0574. The fraction of sp³-hybridized carbons (Fsp3) is 0.600. The minimum atomic E-state index is -0.535. The summed E-state index contributed by atoms with van der Waals surface area (Å²) in [6.45, 7) is 12.4. The van der Waals surface area contributed by atoms with Crippen LogP contribution in [0.5, 0.6) is 5.75 Å². The predicted molar refractivity (Wildman–Crippen MR) is 112 cm³/mol. The summed E-state index contributed by atoms with van der Waals surface area (Å²) in [7, 11) is 0. The van der Waals surface area contributed by atoms with E-state index in [9.17, 15) is 9.59 Å². The van der Waals surface area contributed by atoms with Crippen molar-refractivity contribution >= 4 is 27.9 Å². The van der Waals surface area contributed by atoms with Crippen molar-refractivity contribution in [3.05, 3.63) is 28.2 Å². The molecule has 8 heteroatoms. The molecule has 1 fully saturated rings. The Bertz CT molecular complexity index is 683. The molecule has 1 aromatic carbocycles. The molecule has 0 aliphatic carbocycles. The average molecular weight is 456 g/mol. The van der Waals surface area contributed by atoms with Crippen LogP contribution in [0.15, 0.2) is 22.7 Å². The van der Waals surface area contributed by atoms with Gasteiger partial charge in [0.15, 0.2) is 0 Å². The Hall–Kier alpha value is -1.80. The van der Waals surface area contributed by atoms with Crippen LogP contribution in [0.2, 0.25) is 0 Å². The third kappa shape index (κ3) is 7.31. The van der Waals surface area contributed by atoms with Gasteiger partial charge in [0, 0.05) is 36.2 Å². The largest absolute Gasteiger partial charge is 0.492 e. The highest BCUT2D eigenvalue weighted by Gasteiger charge is 2.22. The van der Waals surface area contributed by atoms with Gasteiger partial charge in [0.1, 0.15) is 18.0 Å². The number of carbonyl (C=O) groups is 2. The van der Waals surface area contributed by atoms with Crippen molar-refractivity contribution in [1.29, 1.82) is 0 Å². The molecule has 0 unspecified atom stereocenters. The number of hydrogen-bond donors (Lipinski definition) is 1. The lowest BCUT2D eigenvalue weighted by Gasteiger charge is -2.34. The average Bonchev–Trinajstić information content (AvgIpc) is 2.63. The van der Waals surface area contributed by atoms with Crippen LogP contribution < -0.4 is 10.1 Å². The van der Waals surface area contributed by atoms with Crippen LogP contribution in [0.1, 0.15) is 38.1 Å². The first-order valence-electron chi connectivity index (χ1n) is 9.60. The first-order chi connectivity index (χ1) is 13.2. The maximum absolute atomic E-state index is 12.8. The number of likely N-dealkylation sites (N-methyl/N-ethyl adjacent to an activating group) is 1. The second kappa shape index (κ2) is 10.1. The van der Waals surface area contributed by atoms with Crippen LogP contribution in [-0.2, 0) is 4.74 Å². The van der Waals surface area contributed by atoms with Gasteiger partial charge in [-0.1, -0.05) is 22.9 Å². The molecule has 0 radical (unpaired) electrons. The molecule has 1 saturated heterocycles. The van der Waals surface area contributed by atoms with Crippen LogP contribution in [-0.4, -0.2) is 73.3 Å². The molecule has 1 aliphatic heterocycles. The highest BCUT2D eigenvalue weighted by molar-refractivity contribution is 9.10. The van der Waals surface area contributed by atoms with Gasteiger partial charge in [-0.25, -0.2) is 4.79 Å². The van der Waals surface area contributed by atoms with Crippen molar-refractivity contribution in [2.24, 2.45) is 0 Å². The number of nitrogens with zero attached hydrogens (tertiary/aromatic N) is 2. The predicted octanol–water partition coefficient (Wildman–Crippen LogP) is 3.13. The van der Waals surface area contributed by atoms with Gasteiger partial charge >= 0.3 is 6.09 Å². The fourth-order valence-electron chi connectivity index (χ4n) is 2.86. The van der Waals surface area contributed by atoms with Crippen molar-refractivity contribution in [1.82, 2.24) is 15.1 Å². The molecule has 0 bridgehead atoms.